The fourth-order valence-electron chi connectivity index (χ4n) is 10.2. The van der Waals surface area contributed by atoms with Gasteiger partial charge in [0.1, 0.15) is 17.5 Å². The highest BCUT2D eigenvalue weighted by Crippen LogP contribution is 2.47. The van der Waals surface area contributed by atoms with E-state index in [0.29, 0.717) is 67.9 Å². The second-order valence-corrected chi connectivity index (χ2v) is 16.7. The molecule has 8 heteroatoms. The first-order valence-corrected chi connectivity index (χ1v) is 20.4. The third kappa shape index (κ3) is 8.49. The molecular formula is C46H57NO7. The van der Waals surface area contributed by atoms with Gasteiger partial charge in [0, 0.05) is 36.8 Å². The molecule has 0 amide bonds. The van der Waals surface area contributed by atoms with Crippen LogP contribution in [0.25, 0.3) is 10.8 Å². The van der Waals surface area contributed by atoms with Gasteiger partial charge in [0.2, 0.25) is 0 Å². The topological polar surface area (TPSA) is 136 Å². The zero-order chi connectivity index (χ0) is 37.8. The van der Waals surface area contributed by atoms with E-state index in [1.165, 1.54) is 45.6 Å². The highest BCUT2D eigenvalue weighted by Gasteiger charge is 2.48. The SMILES string of the molecule is COc1cc2c(cc1O)C(CCC(O)c1ccc3cc(O)ccc3c1)C#CC(C(O)CCCCC1CC3CCC(=O)CC3NC13CCCCC3)C(=O)CC2. The molecule has 0 aromatic heterocycles. The van der Waals surface area contributed by atoms with Crippen LogP contribution in [0.1, 0.15) is 131 Å². The number of fused-ring (bicyclic) bond motifs is 3. The Morgan fingerprint density at radius 3 is 2.50 bits per heavy atom. The number of aliphatic hydroxyl groups is 2. The van der Waals surface area contributed by atoms with Gasteiger partial charge in [0.25, 0.3) is 0 Å². The fraction of sp³-hybridized carbons (Fsp3) is 0.565. The van der Waals surface area contributed by atoms with Crippen LogP contribution in [0.4, 0.5) is 0 Å². The number of aromatic hydroxyl groups is 2. The summed E-state index contributed by atoms with van der Waals surface area (Å²) in [7, 11) is 1.50. The first-order valence-electron chi connectivity index (χ1n) is 20.4. The van der Waals surface area contributed by atoms with Crippen LogP contribution in [-0.4, -0.2) is 56.8 Å². The Balaban J connectivity index is 1.03. The maximum absolute atomic E-state index is 13.7. The van der Waals surface area contributed by atoms with Crippen LogP contribution in [0.15, 0.2) is 48.5 Å². The van der Waals surface area contributed by atoms with E-state index in [4.69, 9.17) is 4.74 Å². The Morgan fingerprint density at radius 2 is 1.69 bits per heavy atom. The molecule has 3 fully saturated rings. The average Bonchev–Trinajstić information content (AvgIpc) is 3.23. The van der Waals surface area contributed by atoms with Crippen LogP contribution in [-0.2, 0) is 16.0 Å². The maximum atomic E-state index is 13.7. The molecule has 2 saturated carbocycles. The van der Waals surface area contributed by atoms with E-state index in [0.717, 1.165) is 53.1 Å². The smallest absolute Gasteiger partial charge is 0.160 e. The molecule has 1 aliphatic heterocycles. The van der Waals surface area contributed by atoms with Crippen LogP contribution < -0.4 is 10.1 Å². The predicted octanol–water partition coefficient (Wildman–Crippen LogP) is 7.96. The number of ether oxygens (including phenoxy) is 1. The standard InChI is InChI=1S/C46H57NO7/c1-54-45-26-32-15-20-43(52)38(42(51)8-4-3-7-35-24-33-12-17-37(49)27-40(33)47-46(35)21-5-2-6-22-46)18-13-29(39(32)28-44(45)53)14-19-41(50)34-10-9-31-25-36(48)16-11-30(31)23-34/h9-11,16,23,25-26,28-29,33,35,38,40-42,47-48,50-51,53H,2-8,12,14-15,17,19-22,24,27H2,1H3. The third-order valence-corrected chi connectivity index (χ3v) is 13.3. The first kappa shape index (κ1) is 38.4. The van der Waals surface area contributed by atoms with E-state index in [-0.39, 0.29) is 35.2 Å². The number of phenolic OH excluding ortho intramolecular Hbond substituents is 2. The number of aliphatic hydroxyl groups excluding tert-OH is 2. The number of Topliss-reactive ketones (excluding diaryl/α,β-unsaturated/α-hetero) is 2. The summed E-state index contributed by atoms with van der Waals surface area (Å²) in [6.07, 6.45) is 13.0. The molecule has 7 atom stereocenters. The second-order valence-electron chi connectivity index (χ2n) is 16.7. The lowest BCUT2D eigenvalue weighted by atomic mass is 9.62. The van der Waals surface area contributed by atoms with Crippen molar-refractivity contribution in [3.05, 3.63) is 65.2 Å². The lowest BCUT2D eigenvalue weighted by Crippen LogP contribution is -2.63. The van der Waals surface area contributed by atoms with E-state index >= 15 is 0 Å². The molecule has 54 heavy (non-hydrogen) atoms. The predicted molar refractivity (Wildman–Crippen MR) is 209 cm³/mol. The van der Waals surface area contributed by atoms with Crippen LogP contribution >= 0.6 is 0 Å². The number of phenols is 2. The van der Waals surface area contributed by atoms with Gasteiger partial charge in [-0.1, -0.05) is 62.1 Å². The quantitative estimate of drug-likeness (QED) is 0.0989. The Hall–Kier alpha value is -3.90. The molecule has 3 aliphatic carbocycles. The molecule has 7 rings (SSSR count). The number of benzene rings is 3. The Labute approximate surface area is 319 Å². The molecule has 3 aromatic carbocycles. The molecule has 288 valence electrons. The molecule has 8 nitrogen and oxygen atoms in total. The minimum atomic E-state index is -0.876. The number of rotatable bonds is 11. The number of nitrogens with one attached hydrogen (secondary N) is 1. The summed E-state index contributed by atoms with van der Waals surface area (Å²) in [6, 6.07) is 14.6. The molecule has 7 unspecified atom stereocenters. The highest BCUT2D eigenvalue weighted by atomic mass is 16.5. The van der Waals surface area contributed by atoms with E-state index in [1.807, 2.05) is 24.3 Å². The monoisotopic (exact) mass is 735 g/mol. The summed E-state index contributed by atoms with van der Waals surface area (Å²) in [4.78, 5) is 26.0. The van der Waals surface area contributed by atoms with Crippen molar-refractivity contribution >= 4 is 22.3 Å². The van der Waals surface area contributed by atoms with Crippen molar-refractivity contribution in [2.45, 2.75) is 139 Å². The van der Waals surface area contributed by atoms with Crippen molar-refractivity contribution in [1.82, 2.24) is 5.32 Å². The lowest BCUT2D eigenvalue weighted by Gasteiger charge is -2.54. The van der Waals surface area contributed by atoms with Crippen LogP contribution in [0, 0.1) is 29.6 Å². The van der Waals surface area contributed by atoms with Gasteiger partial charge in [-0.3, -0.25) is 9.59 Å². The van der Waals surface area contributed by atoms with Gasteiger partial charge in [0.05, 0.1) is 19.3 Å². The number of hydrogen-bond donors (Lipinski definition) is 5. The van der Waals surface area contributed by atoms with Crippen LogP contribution in [0.5, 0.6) is 17.2 Å². The Kier molecular flexibility index (Phi) is 12.0. The third-order valence-electron chi connectivity index (χ3n) is 13.3. The number of hydrogen-bond acceptors (Lipinski definition) is 8. The number of carbonyl (C=O) groups is 2. The number of piperidine rings is 1. The van der Waals surface area contributed by atoms with E-state index in [1.54, 1.807) is 24.3 Å². The van der Waals surface area contributed by atoms with Crippen molar-refractivity contribution < 1.29 is 34.8 Å². The summed E-state index contributed by atoms with van der Waals surface area (Å²) < 4.78 is 5.42. The molecule has 1 saturated heterocycles. The van der Waals surface area contributed by atoms with Gasteiger partial charge < -0.3 is 30.5 Å². The van der Waals surface area contributed by atoms with Crippen molar-refractivity contribution in [2.24, 2.45) is 17.8 Å². The molecule has 3 aromatic rings. The normalized spacial score (nSPS) is 26.4. The fourth-order valence-corrected chi connectivity index (χ4v) is 10.2. The maximum Gasteiger partial charge on any atom is 0.160 e. The molecular weight excluding hydrogens is 679 g/mol. The molecule has 1 spiro atoms. The van der Waals surface area contributed by atoms with Gasteiger partial charge in [-0.2, -0.15) is 0 Å². The largest absolute Gasteiger partial charge is 0.508 e. The second kappa shape index (κ2) is 16.9. The minimum Gasteiger partial charge on any atom is -0.508 e. The van der Waals surface area contributed by atoms with E-state index in [9.17, 15) is 30.0 Å². The zero-order valence-electron chi connectivity index (χ0n) is 31.7. The molecule has 5 N–H and O–H groups in total. The van der Waals surface area contributed by atoms with E-state index < -0.39 is 18.1 Å². The van der Waals surface area contributed by atoms with Crippen LogP contribution in [0.3, 0.4) is 0 Å². The number of methoxy groups -OCH3 is 1. The number of ketones is 2. The van der Waals surface area contributed by atoms with Gasteiger partial charge in [-0.25, -0.2) is 0 Å². The molecule has 0 radical (unpaired) electrons. The number of aryl methyl sites for hydroxylation is 1. The zero-order valence-corrected chi connectivity index (χ0v) is 31.7. The number of carbonyl (C=O) groups excluding carboxylic acids is 2. The van der Waals surface area contributed by atoms with Crippen molar-refractivity contribution in [1.29, 1.82) is 0 Å². The van der Waals surface area contributed by atoms with Gasteiger partial charge in [-0.05, 0) is 127 Å². The lowest BCUT2D eigenvalue weighted by molar-refractivity contribution is -0.124. The first-order chi connectivity index (χ1) is 26.1. The molecule has 1 heterocycles. The van der Waals surface area contributed by atoms with E-state index in [2.05, 4.69) is 17.2 Å². The Morgan fingerprint density at radius 1 is 0.889 bits per heavy atom. The molecule has 0 bridgehead atoms. The molecule has 4 aliphatic rings. The van der Waals surface area contributed by atoms with Crippen LogP contribution in [0.2, 0.25) is 0 Å². The average molecular weight is 736 g/mol. The van der Waals surface area contributed by atoms with Crippen molar-refractivity contribution in [3.63, 3.8) is 0 Å². The van der Waals surface area contributed by atoms with Gasteiger partial charge >= 0.3 is 0 Å². The summed E-state index contributed by atoms with van der Waals surface area (Å²) in [6.45, 7) is 0. The summed E-state index contributed by atoms with van der Waals surface area (Å²) in [5, 5.41) is 49.3. The summed E-state index contributed by atoms with van der Waals surface area (Å²) in [5.74, 6) is 7.36. The van der Waals surface area contributed by atoms with Gasteiger partial charge in [0.15, 0.2) is 17.3 Å². The highest BCUT2D eigenvalue weighted by molar-refractivity contribution is 5.85. The number of unbranched alkanes of at least 4 members (excludes halogenated alkanes) is 1. The van der Waals surface area contributed by atoms with Crippen molar-refractivity contribution in [2.75, 3.05) is 7.11 Å². The minimum absolute atomic E-state index is 0.000734. The Bertz CT molecular complexity index is 1890. The summed E-state index contributed by atoms with van der Waals surface area (Å²) in [5.41, 5.74) is 2.57. The van der Waals surface area contributed by atoms with Gasteiger partial charge in [-0.15, -0.1) is 0 Å². The van der Waals surface area contributed by atoms with Crippen molar-refractivity contribution in [3.8, 4) is 29.1 Å². The summed E-state index contributed by atoms with van der Waals surface area (Å²) >= 11 is 0.